The molecule has 20 heavy (non-hydrogen) atoms. The van der Waals surface area contributed by atoms with Crippen molar-refractivity contribution < 1.29 is 9.90 Å². The van der Waals surface area contributed by atoms with Crippen molar-refractivity contribution in [3.63, 3.8) is 0 Å². The maximum absolute atomic E-state index is 12.4. The van der Waals surface area contributed by atoms with Crippen LogP contribution < -0.4 is 0 Å². The second-order valence-corrected chi connectivity index (χ2v) is 6.00. The highest BCUT2D eigenvalue weighted by molar-refractivity contribution is 5.92. The van der Waals surface area contributed by atoms with Crippen LogP contribution in [-0.4, -0.2) is 45.3 Å². The molecule has 1 aromatic heterocycles. The molecule has 0 aromatic carbocycles. The van der Waals surface area contributed by atoms with E-state index in [1.165, 1.54) is 32.1 Å². The fraction of sp³-hybridized carbons (Fsp3) is 0.733. The Morgan fingerprint density at radius 3 is 2.70 bits per heavy atom. The lowest BCUT2D eigenvalue weighted by Crippen LogP contribution is -2.35. The lowest BCUT2D eigenvalue weighted by atomic mass is 9.87. The maximum atomic E-state index is 12.4. The molecule has 0 radical (unpaired) electrons. The van der Waals surface area contributed by atoms with Gasteiger partial charge in [-0.15, -0.1) is 0 Å². The number of nitrogens with one attached hydrogen (secondary N) is 1. The third-order valence-corrected chi connectivity index (χ3v) is 4.45. The topological polar surface area (TPSA) is 69.2 Å². The molecule has 110 valence electrons. The fourth-order valence-electron chi connectivity index (χ4n) is 3.16. The van der Waals surface area contributed by atoms with Crippen LogP contribution >= 0.6 is 0 Å². The third-order valence-electron chi connectivity index (χ3n) is 4.45. The molecule has 5 nitrogen and oxygen atoms in total. The van der Waals surface area contributed by atoms with Gasteiger partial charge in [-0.2, -0.15) is 5.10 Å². The number of aliphatic hydroxyl groups is 1. The lowest BCUT2D eigenvalue weighted by molar-refractivity contribution is 0.0701. The van der Waals surface area contributed by atoms with Gasteiger partial charge in [-0.3, -0.25) is 9.89 Å². The van der Waals surface area contributed by atoms with Crippen molar-refractivity contribution in [1.29, 1.82) is 0 Å². The molecule has 1 aromatic rings. The van der Waals surface area contributed by atoms with E-state index in [1.54, 1.807) is 4.90 Å². The molecule has 1 amide bonds. The monoisotopic (exact) mass is 277 g/mol. The smallest absolute Gasteiger partial charge is 0.274 e. The van der Waals surface area contributed by atoms with Crippen molar-refractivity contribution in [1.82, 2.24) is 15.1 Å². The number of aromatic nitrogens is 2. The standard InChI is InChI=1S/C15H23N3O2/c19-9-8-18(12-6-7-12)15(20)14-10-13(16-17-14)11-4-2-1-3-5-11/h10-12,19H,1-9H2,(H,16,17). The molecule has 2 N–H and O–H groups in total. The summed E-state index contributed by atoms with van der Waals surface area (Å²) in [6.07, 6.45) is 8.34. The Balaban J connectivity index is 1.69. The zero-order valence-corrected chi connectivity index (χ0v) is 11.8. The molecule has 2 saturated carbocycles. The minimum absolute atomic E-state index is 0.0160. The summed E-state index contributed by atoms with van der Waals surface area (Å²) in [5.74, 6) is 0.491. The summed E-state index contributed by atoms with van der Waals surface area (Å²) in [7, 11) is 0. The number of nitrogens with zero attached hydrogens (tertiary/aromatic N) is 2. The van der Waals surface area contributed by atoms with E-state index in [1.807, 2.05) is 6.07 Å². The zero-order chi connectivity index (χ0) is 13.9. The maximum Gasteiger partial charge on any atom is 0.274 e. The molecule has 0 aliphatic heterocycles. The van der Waals surface area contributed by atoms with E-state index in [2.05, 4.69) is 10.2 Å². The highest BCUT2D eigenvalue weighted by atomic mass is 16.3. The number of amides is 1. The van der Waals surface area contributed by atoms with Gasteiger partial charge in [0.15, 0.2) is 0 Å². The Bertz CT molecular complexity index is 461. The summed E-state index contributed by atoms with van der Waals surface area (Å²) in [5, 5.41) is 16.4. The highest BCUT2D eigenvalue weighted by Crippen LogP contribution is 2.32. The van der Waals surface area contributed by atoms with Crippen LogP contribution in [0.3, 0.4) is 0 Å². The van der Waals surface area contributed by atoms with Gasteiger partial charge in [0, 0.05) is 24.2 Å². The van der Waals surface area contributed by atoms with Gasteiger partial charge in [0.1, 0.15) is 5.69 Å². The second kappa shape index (κ2) is 5.95. The van der Waals surface area contributed by atoms with Crippen LogP contribution in [0.1, 0.15) is 67.0 Å². The van der Waals surface area contributed by atoms with Crippen LogP contribution in [0.4, 0.5) is 0 Å². The van der Waals surface area contributed by atoms with Gasteiger partial charge in [0.05, 0.1) is 6.61 Å². The summed E-state index contributed by atoms with van der Waals surface area (Å²) >= 11 is 0. The molecule has 2 aliphatic rings. The van der Waals surface area contributed by atoms with Crippen molar-refractivity contribution in [2.45, 2.75) is 56.9 Å². The number of carbonyl (C=O) groups excluding carboxylic acids is 1. The first-order valence-corrected chi connectivity index (χ1v) is 7.76. The van der Waals surface area contributed by atoms with E-state index < -0.39 is 0 Å². The normalized spacial score (nSPS) is 20.1. The predicted octanol–water partition coefficient (Wildman–Crippen LogP) is 2.05. The number of H-pyrrole nitrogens is 1. The van der Waals surface area contributed by atoms with E-state index in [-0.39, 0.29) is 12.5 Å². The Kier molecular flexibility index (Phi) is 4.05. The molecular weight excluding hydrogens is 254 g/mol. The summed E-state index contributed by atoms with van der Waals surface area (Å²) in [6, 6.07) is 2.23. The molecule has 0 bridgehead atoms. The number of carbonyl (C=O) groups is 1. The second-order valence-electron chi connectivity index (χ2n) is 6.00. The predicted molar refractivity (Wildman–Crippen MR) is 75.6 cm³/mol. The number of rotatable bonds is 5. The van der Waals surface area contributed by atoms with Crippen molar-refractivity contribution in [2.75, 3.05) is 13.2 Å². The molecule has 0 unspecified atom stereocenters. The van der Waals surface area contributed by atoms with E-state index in [9.17, 15) is 4.79 Å². The van der Waals surface area contributed by atoms with Crippen molar-refractivity contribution in [3.8, 4) is 0 Å². The highest BCUT2D eigenvalue weighted by Gasteiger charge is 2.33. The van der Waals surface area contributed by atoms with Gasteiger partial charge >= 0.3 is 0 Å². The van der Waals surface area contributed by atoms with Crippen LogP contribution in [0.2, 0.25) is 0 Å². The minimum Gasteiger partial charge on any atom is -0.395 e. The summed E-state index contributed by atoms with van der Waals surface area (Å²) in [6.45, 7) is 0.428. The Morgan fingerprint density at radius 2 is 2.05 bits per heavy atom. The SMILES string of the molecule is O=C(c1cc(C2CCCCC2)[nH]n1)N(CCO)C1CC1. The molecule has 2 fully saturated rings. The van der Waals surface area contributed by atoms with Gasteiger partial charge in [0.2, 0.25) is 0 Å². The van der Waals surface area contributed by atoms with Crippen molar-refractivity contribution >= 4 is 5.91 Å². The molecule has 0 spiro atoms. The number of hydrogen-bond acceptors (Lipinski definition) is 3. The van der Waals surface area contributed by atoms with Crippen molar-refractivity contribution in [2.24, 2.45) is 0 Å². The van der Waals surface area contributed by atoms with Gasteiger partial charge in [-0.05, 0) is 31.7 Å². The van der Waals surface area contributed by atoms with Gasteiger partial charge in [0.25, 0.3) is 5.91 Å². The minimum atomic E-state index is -0.0418. The Morgan fingerprint density at radius 1 is 1.30 bits per heavy atom. The average molecular weight is 277 g/mol. The first-order valence-electron chi connectivity index (χ1n) is 7.76. The first-order chi connectivity index (χ1) is 9.79. The van der Waals surface area contributed by atoms with Gasteiger partial charge < -0.3 is 10.0 Å². The third kappa shape index (κ3) is 2.87. The molecule has 3 rings (SSSR count). The van der Waals surface area contributed by atoms with Crippen LogP contribution in [0.15, 0.2) is 6.07 Å². The molecule has 0 saturated heterocycles. The summed E-state index contributed by atoms with van der Waals surface area (Å²) < 4.78 is 0. The molecule has 0 atom stereocenters. The number of aromatic amines is 1. The molecule has 1 heterocycles. The first kappa shape index (κ1) is 13.6. The van der Waals surface area contributed by atoms with Crippen LogP contribution in [-0.2, 0) is 0 Å². The average Bonchev–Trinajstić information content (AvgIpc) is 3.21. The fourth-order valence-corrected chi connectivity index (χ4v) is 3.16. The van der Waals surface area contributed by atoms with E-state index in [0.29, 0.717) is 24.2 Å². The van der Waals surface area contributed by atoms with Crippen LogP contribution in [0.25, 0.3) is 0 Å². The zero-order valence-electron chi connectivity index (χ0n) is 11.8. The largest absolute Gasteiger partial charge is 0.395 e. The summed E-state index contributed by atoms with van der Waals surface area (Å²) in [4.78, 5) is 14.2. The molecule has 2 aliphatic carbocycles. The molecular formula is C15H23N3O2. The van der Waals surface area contributed by atoms with Gasteiger partial charge in [-0.25, -0.2) is 0 Å². The lowest BCUT2D eigenvalue weighted by Gasteiger charge is -2.20. The van der Waals surface area contributed by atoms with E-state index in [0.717, 1.165) is 18.5 Å². The quantitative estimate of drug-likeness (QED) is 0.865. The van der Waals surface area contributed by atoms with Crippen molar-refractivity contribution in [3.05, 3.63) is 17.5 Å². The number of hydrogen-bond donors (Lipinski definition) is 2. The van der Waals surface area contributed by atoms with E-state index >= 15 is 0 Å². The number of aliphatic hydroxyl groups excluding tert-OH is 1. The van der Waals surface area contributed by atoms with Crippen LogP contribution in [0, 0.1) is 0 Å². The van der Waals surface area contributed by atoms with E-state index in [4.69, 9.17) is 5.11 Å². The van der Waals surface area contributed by atoms with Crippen LogP contribution in [0.5, 0.6) is 0 Å². The summed E-state index contributed by atoms with van der Waals surface area (Å²) in [5.41, 5.74) is 1.61. The van der Waals surface area contributed by atoms with Gasteiger partial charge in [-0.1, -0.05) is 19.3 Å². The molecule has 5 heteroatoms. The Hall–Kier alpha value is -1.36. The Labute approximate surface area is 119 Å².